The van der Waals surface area contributed by atoms with Gasteiger partial charge in [-0.15, -0.1) is 11.8 Å². The third kappa shape index (κ3) is 7.26. The molecule has 2 N–H and O–H groups in total. The largest absolute Gasteiger partial charge is 0.466 e. The number of aryl methyl sites for hydroxylation is 1. The van der Waals surface area contributed by atoms with Crippen molar-refractivity contribution >= 4 is 27.8 Å². The van der Waals surface area contributed by atoms with Crippen LogP contribution in [-0.2, 0) is 19.6 Å². The number of hydrogen-bond acceptors (Lipinski definition) is 6. The van der Waals surface area contributed by atoms with Gasteiger partial charge in [-0.25, -0.2) is 0 Å². The third-order valence-corrected chi connectivity index (χ3v) is 4.81. The summed E-state index contributed by atoms with van der Waals surface area (Å²) < 4.78 is 34.4. The molecule has 0 bridgehead atoms. The highest BCUT2D eigenvalue weighted by Gasteiger charge is 2.18. The molecule has 0 aromatic heterocycles. The number of carbonyl (C=O) groups excluding carboxylic acids is 1. The number of carbonyl (C=O) groups is 1. The second-order valence-electron chi connectivity index (χ2n) is 4.61. The van der Waals surface area contributed by atoms with E-state index in [0.717, 1.165) is 17.9 Å². The number of rotatable bonds is 4. The molecule has 0 aliphatic carbocycles. The van der Waals surface area contributed by atoms with Crippen LogP contribution in [0.25, 0.3) is 0 Å². The average molecular weight is 347 g/mol. The van der Waals surface area contributed by atoms with Crippen molar-refractivity contribution in [3.63, 3.8) is 0 Å². The first-order chi connectivity index (χ1) is 10.3. The number of hydrogen-bond donors (Lipinski definition) is 2. The number of esters is 1. The quantitative estimate of drug-likeness (QED) is 0.634. The summed E-state index contributed by atoms with van der Waals surface area (Å²) in [5.74, 6) is 1.00. The maximum Gasteiger partial charge on any atom is 0.308 e. The smallest absolute Gasteiger partial charge is 0.308 e. The normalized spacial score (nSPS) is 17.5. The first-order valence-electron chi connectivity index (χ1n) is 6.87. The second kappa shape index (κ2) is 9.14. The van der Waals surface area contributed by atoms with Gasteiger partial charge >= 0.3 is 5.97 Å². The van der Waals surface area contributed by atoms with E-state index in [4.69, 9.17) is 9.29 Å². The standard InChI is InChI=1S/C7H13NO2S.C7H8O3S/c1-2-10-7(9)5-6-8-3-4-11-6;1-6-2-4-7(5-3-6)11(8,9)10/h6,8H,2-5H2,1H3;2-5H,1H3,(H,8,9,10). The summed E-state index contributed by atoms with van der Waals surface area (Å²) in [5.41, 5.74) is 0.956. The zero-order chi connectivity index (χ0) is 16.6. The summed E-state index contributed by atoms with van der Waals surface area (Å²) in [6, 6.07) is 5.99. The minimum Gasteiger partial charge on any atom is -0.466 e. The van der Waals surface area contributed by atoms with Gasteiger partial charge in [-0.05, 0) is 26.0 Å². The van der Waals surface area contributed by atoms with Gasteiger partial charge in [0, 0.05) is 12.3 Å². The predicted octanol–water partition coefficient (Wildman–Crippen LogP) is 1.84. The van der Waals surface area contributed by atoms with Crippen LogP contribution in [0.2, 0.25) is 0 Å². The van der Waals surface area contributed by atoms with Crippen molar-refractivity contribution in [2.75, 3.05) is 18.9 Å². The molecule has 0 spiro atoms. The third-order valence-electron chi connectivity index (χ3n) is 2.77. The van der Waals surface area contributed by atoms with Crippen molar-refractivity contribution in [1.82, 2.24) is 5.32 Å². The van der Waals surface area contributed by atoms with Crippen LogP contribution in [0.3, 0.4) is 0 Å². The molecule has 6 nitrogen and oxygen atoms in total. The zero-order valence-corrected chi connectivity index (χ0v) is 14.2. The van der Waals surface area contributed by atoms with Gasteiger partial charge in [0.25, 0.3) is 10.1 Å². The van der Waals surface area contributed by atoms with Gasteiger partial charge in [-0.1, -0.05) is 17.7 Å². The first kappa shape index (κ1) is 19.0. The first-order valence-corrected chi connectivity index (χ1v) is 9.36. The monoisotopic (exact) mass is 347 g/mol. The van der Waals surface area contributed by atoms with Crippen molar-refractivity contribution in [2.45, 2.75) is 30.5 Å². The van der Waals surface area contributed by atoms with Crippen LogP contribution in [0.4, 0.5) is 0 Å². The molecule has 8 heteroatoms. The summed E-state index contributed by atoms with van der Waals surface area (Å²) in [5, 5.41) is 3.49. The molecule has 1 saturated heterocycles. The molecule has 0 saturated carbocycles. The van der Waals surface area contributed by atoms with Gasteiger partial charge in [0.2, 0.25) is 0 Å². The van der Waals surface area contributed by atoms with Crippen LogP contribution in [-0.4, -0.2) is 43.2 Å². The van der Waals surface area contributed by atoms with Crippen LogP contribution in [0.15, 0.2) is 29.2 Å². The van der Waals surface area contributed by atoms with E-state index >= 15 is 0 Å². The van der Waals surface area contributed by atoms with Gasteiger partial charge in [0.1, 0.15) is 0 Å². The minimum atomic E-state index is -4.02. The molecule has 0 amide bonds. The molecule has 1 unspecified atom stereocenters. The molecule has 124 valence electrons. The van der Waals surface area contributed by atoms with E-state index in [2.05, 4.69) is 5.32 Å². The van der Waals surface area contributed by atoms with E-state index in [1.54, 1.807) is 23.9 Å². The molecule has 0 radical (unpaired) electrons. The average Bonchev–Trinajstić information content (AvgIpc) is 2.92. The Balaban J connectivity index is 0.000000220. The topological polar surface area (TPSA) is 92.7 Å². The summed E-state index contributed by atoms with van der Waals surface area (Å²) in [7, 11) is -4.02. The summed E-state index contributed by atoms with van der Waals surface area (Å²) >= 11 is 1.78. The Kier molecular flexibility index (Phi) is 7.88. The Morgan fingerprint density at radius 3 is 2.50 bits per heavy atom. The van der Waals surface area contributed by atoms with Gasteiger partial charge in [-0.2, -0.15) is 8.42 Å². The number of ether oxygens (including phenoxy) is 1. The molecule has 1 aromatic rings. The van der Waals surface area contributed by atoms with E-state index in [-0.39, 0.29) is 16.2 Å². The Hall–Kier alpha value is -1.09. The van der Waals surface area contributed by atoms with E-state index < -0.39 is 10.1 Å². The molecule has 2 rings (SSSR count). The van der Waals surface area contributed by atoms with Crippen molar-refractivity contribution < 1.29 is 22.5 Å². The van der Waals surface area contributed by atoms with Crippen LogP contribution in [0.1, 0.15) is 18.9 Å². The van der Waals surface area contributed by atoms with Gasteiger partial charge in [0.15, 0.2) is 0 Å². The van der Waals surface area contributed by atoms with Crippen LogP contribution in [0.5, 0.6) is 0 Å². The fourth-order valence-corrected chi connectivity index (χ4v) is 3.18. The molecule has 1 aliphatic heterocycles. The summed E-state index contributed by atoms with van der Waals surface area (Å²) in [6.45, 7) is 5.16. The lowest BCUT2D eigenvalue weighted by Crippen LogP contribution is -2.23. The van der Waals surface area contributed by atoms with Crippen LogP contribution >= 0.6 is 11.8 Å². The molecule has 1 aromatic carbocycles. The summed E-state index contributed by atoms with van der Waals surface area (Å²) in [4.78, 5) is 10.9. The highest BCUT2D eigenvalue weighted by molar-refractivity contribution is 8.00. The predicted molar refractivity (Wildman–Crippen MR) is 86.5 cm³/mol. The van der Waals surface area contributed by atoms with Gasteiger partial charge in [0.05, 0.1) is 23.3 Å². The lowest BCUT2D eigenvalue weighted by atomic mass is 10.2. The highest BCUT2D eigenvalue weighted by Crippen LogP contribution is 2.16. The summed E-state index contributed by atoms with van der Waals surface area (Å²) in [6.07, 6.45) is 0.499. The number of nitrogens with one attached hydrogen (secondary N) is 1. The van der Waals surface area contributed by atoms with Crippen molar-refractivity contribution in [2.24, 2.45) is 0 Å². The second-order valence-corrected chi connectivity index (χ2v) is 7.34. The molecule has 1 heterocycles. The molecule has 1 fully saturated rings. The maximum atomic E-state index is 10.9. The van der Waals surface area contributed by atoms with Crippen LogP contribution < -0.4 is 5.32 Å². The fraction of sp³-hybridized carbons (Fsp3) is 0.500. The number of thioether (sulfide) groups is 1. The zero-order valence-electron chi connectivity index (χ0n) is 12.6. The Labute approximate surface area is 135 Å². The van der Waals surface area contributed by atoms with E-state index in [0.29, 0.717) is 13.0 Å². The lowest BCUT2D eigenvalue weighted by molar-refractivity contribution is -0.143. The lowest BCUT2D eigenvalue weighted by Gasteiger charge is -2.07. The fourth-order valence-electron chi connectivity index (χ4n) is 1.69. The Morgan fingerprint density at radius 2 is 2.05 bits per heavy atom. The molecular formula is C14H21NO5S2. The van der Waals surface area contributed by atoms with E-state index in [1.165, 1.54) is 12.1 Å². The van der Waals surface area contributed by atoms with Gasteiger partial charge < -0.3 is 10.1 Å². The Bertz CT molecular complexity index is 565. The molecular weight excluding hydrogens is 326 g/mol. The molecule has 1 atom stereocenters. The van der Waals surface area contributed by atoms with Crippen molar-refractivity contribution in [1.29, 1.82) is 0 Å². The highest BCUT2D eigenvalue weighted by atomic mass is 32.2. The Morgan fingerprint density at radius 1 is 1.41 bits per heavy atom. The van der Waals surface area contributed by atoms with Crippen LogP contribution in [0, 0.1) is 6.92 Å². The SMILES string of the molecule is CCOC(=O)CC1NCCS1.Cc1ccc(S(=O)(=O)O)cc1. The number of benzene rings is 1. The molecule has 22 heavy (non-hydrogen) atoms. The van der Waals surface area contributed by atoms with Crippen molar-refractivity contribution in [3.8, 4) is 0 Å². The maximum absolute atomic E-state index is 10.9. The van der Waals surface area contributed by atoms with E-state index in [9.17, 15) is 13.2 Å². The van der Waals surface area contributed by atoms with Gasteiger partial charge in [-0.3, -0.25) is 9.35 Å². The van der Waals surface area contributed by atoms with E-state index in [1.807, 2.05) is 13.8 Å². The van der Waals surface area contributed by atoms with Crippen molar-refractivity contribution in [3.05, 3.63) is 29.8 Å². The minimum absolute atomic E-state index is 0.0666. The molecule has 1 aliphatic rings.